The number of hydrogen-bond donors (Lipinski definition) is 1. The average Bonchev–Trinajstić information content (AvgIpc) is 2.44. The number of amides is 1. The van der Waals surface area contributed by atoms with Gasteiger partial charge in [0.25, 0.3) is 0 Å². The topological polar surface area (TPSA) is 38.3 Å². The number of carbonyl (C=O) groups excluding carboxylic acids is 1. The van der Waals surface area contributed by atoms with E-state index in [1.807, 2.05) is 31.2 Å². The smallest absolute Gasteiger partial charge is 0.244 e. The minimum atomic E-state index is -0.0556. The molecule has 0 aliphatic heterocycles. The van der Waals surface area contributed by atoms with E-state index in [4.69, 9.17) is 4.74 Å². The minimum absolute atomic E-state index is 0.0556. The number of hydrogen-bond acceptors (Lipinski definition) is 2. The molecule has 104 valence electrons. The number of rotatable bonds is 7. The SMILES string of the molecule is CCOc1ccccc1/C=C/C(=O)NC(CC)CC. The zero-order chi connectivity index (χ0) is 14.1. The molecule has 0 atom stereocenters. The molecule has 0 radical (unpaired) electrons. The Morgan fingerprint density at radius 3 is 2.58 bits per heavy atom. The van der Waals surface area contributed by atoms with Crippen LogP contribution in [0.3, 0.4) is 0 Å². The van der Waals surface area contributed by atoms with Gasteiger partial charge in [0.1, 0.15) is 5.75 Å². The molecule has 0 saturated carbocycles. The Balaban J connectivity index is 2.68. The number of benzene rings is 1. The molecule has 0 unspecified atom stereocenters. The fourth-order valence-electron chi connectivity index (χ4n) is 1.81. The Morgan fingerprint density at radius 2 is 1.95 bits per heavy atom. The Kier molecular flexibility index (Phi) is 6.72. The first-order valence-electron chi connectivity index (χ1n) is 6.91. The van der Waals surface area contributed by atoms with Crippen molar-refractivity contribution in [1.29, 1.82) is 0 Å². The van der Waals surface area contributed by atoms with Gasteiger partial charge in [0.2, 0.25) is 5.91 Å². The molecule has 0 aliphatic rings. The summed E-state index contributed by atoms with van der Waals surface area (Å²) in [6.45, 7) is 6.70. The van der Waals surface area contributed by atoms with Gasteiger partial charge in [0, 0.05) is 17.7 Å². The highest BCUT2D eigenvalue weighted by atomic mass is 16.5. The summed E-state index contributed by atoms with van der Waals surface area (Å²) in [5.41, 5.74) is 0.920. The molecular formula is C16H23NO2. The second-order valence-corrected chi connectivity index (χ2v) is 4.33. The molecule has 1 aromatic rings. The Bertz CT molecular complexity index is 423. The standard InChI is InChI=1S/C16H23NO2/c1-4-14(5-2)17-16(18)12-11-13-9-7-8-10-15(13)19-6-3/h7-12,14H,4-6H2,1-3H3,(H,17,18)/b12-11+. The predicted octanol–water partition coefficient (Wildman–Crippen LogP) is 3.40. The second kappa shape index (κ2) is 8.35. The van der Waals surface area contributed by atoms with Crippen LogP contribution in [0.2, 0.25) is 0 Å². The van der Waals surface area contributed by atoms with Gasteiger partial charge in [0.15, 0.2) is 0 Å². The van der Waals surface area contributed by atoms with Gasteiger partial charge in [-0.3, -0.25) is 4.79 Å². The highest BCUT2D eigenvalue weighted by Gasteiger charge is 2.05. The van der Waals surface area contributed by atoms with Crippen molar-refractivity contribution in [3.63, 3.8) is 0 Å². The van der Waals surface area contributed by atoms with Crippen LogP contribution in [0, 0.1) is 0 Å². The van der Waals surface area contributed by atoms with Crippen LogP contribution in [0.15, 0.2) is 30.3 Å². The van der Waals surface area contributed by atoms with E-state index in [0.717, 1.165) is 24.2 Å². The number of ether oxygens (including phenoxy) is 1. The van der Waals surface area contributed by atoms with Gasteiger partial charge in [-0.2, -0.15) is 0 Å². The summed E-state index contributed by atoms with van der Waals surface area (Å²) < 4.78 is 5.51. The van der Waals surface area contributed by atoms with Crippen LogP contribution < -0.4 is 10.1 Å². The Hall–Kier alpha value is -1.77. The summed E-state index contributed by atoms with van der Waals surface area (Å²) in [6, 6.07) is 7.95. The van der Waals surface area contributed by atoms with Crippen molar-refractivity contribution in [1.82, 2.24) is 5.32 Å². The first kappa shape index (κ1) is 15.3. The first-order chi connectivity index (χ1) is 9.21. The van der Waals surface area contributed by atoms with Crippen LogP contribution >= 0.6 is 0 Å². The molecule has 19 heavy (non-hydrogen) atoms. The van der Waals surface area contributed by atoms with E-state index in [1.165, 1.54) is 0 Å². The highest BCUT2D eigenvalue weighted by Crippen LogP contribution is 2.19. The van der Waals surface area contributed by atoms with E-state index >= 15 is 0 Å². The average molecular weight is 261 g/mol. The van der Waals surface area contributed by atoms with Crippen LogP contribution in [0.1, 0.15) is 39.2 Å². The van der Waals surface area contributed by atoms with Gasteiger partial charge in [0.05, 0.1) is 6.61 Å². The van der Waals surface area contributed by atoms with E-state index < -0.39 is 0 Å². The summed E-state index contributed by atoms with van der Waals surface area (Å²) in [5, 5.41) is 2.97. The first-order valence-corrected chi connectivity index (χ1v) is 6.91. The third kappa shape index (κ3) is 5.16. The fourth-order valence-corrected chi connectivity index (χ4v) is 1.81. The molecule has 0 spiro atoms. The summed E-state index contributed by atoms with van der Waals surface area (Å²) >= 11 is 0. The monoisotopic (exact) mass is 261 g/mol. The molecule has 0 aromatic heterocycles. The molecule has 0 heterocycles. The van der Waals surface area contributed by atoms with Crippen LogP contribution in [0.4, 0.5) is 0 Å². The van der Waals surface area contributed by atoms with Gasteiger partial charge in [-0.1, -0.05) is 32.0 Å². The van der Waals surface area contributed by atoms with E-state index in [2.05, 4.69) is 19.2 Å². The van der Waals surface area contributed by atoms with Crippen LogP contribution in [0.25, 0.3) is 6.08 Å². The molecule has 1 N–H and O–H groups in total. The minimum Gasteiger partial charge on any atom is -0.493 e. The maximum absolute atomic E-state index is 11.8. The molecule has 0 bridgehead atoms. The highest BCUT2D eigenvalue weighted by molar-refractivity contribution is 5.92. The zero-order valence-electron chi connectivity index (χ0n) is 12.0. The lowest BCUT2D eigenvalue weighted by atomic mass is 10.1. The molecular weight excluding hydrogens is 238 g/mol. The maximum Gasteiger partial charge on any atom is 0.244 e. The summed E-state index contributed by atoms with van der Waals surface area (Å²) in [4.78, 5) is 11.8. The molecule has 0 aliphatic carbocycles. The largest absolute Gasteiger partial charge is 0.493 e. The van der Waals surface area contributed by atoms with Crippen molar-refractivity contribution in [2.75, 3.05) is 6.61 Å². The van der Waals surface area contributed by atoms with Gasteiger partial charge >= 0.3 is 0 Å². The molecule has 1 amide bonds. The van der Waals surface area contributed by atoms with Gasteiger partial charge in [-0.05, 0) is 31.9 Å². The van der Waals surface area contributed by atoms with Crippen molar-refractivity contribution < 1.29 is 9.53 Å². The third-order valence-electron chi connectivity index (χ3n) is 2.97. The molecule has 1 rings (SSSR count). The lowest BCUT2D eigenvalue weighted by Crippen LogP contribution is -2.32. The quantitative estimate of drug-likeness (QED) is 0.764. The lowest BCUT2D eigenvalue weighted by Gasteiger charge is -2.12. The van der Waals surface area contributed by atoms with Crippen molar-refractivity contribution >= 4 is 12.0 Å². The van der Waals surface area contributed by atoms with Crippen LogP contribution in [-0.4, -0.2) is 18.6 Å². The second-order valence-electron chi connectivity index (χ2n) is 4.33. The summed E-state index contributed by atoms with van der Waals surface area (Å²) in [6.07, 6.45) is 5.26. The van der Waals surface area contributed by atoms with E-state index in [1.54, 1.807) is 12.2 Å². The molecule has 3 nitrogen and oxygen atoms in total. The predicted molar refractivity (Wildman–Crippen MR) is 79.2 cm³/mol. The van der Waals surface area contributed by atoms with E-state index in [0.29, 0.717) is 6.61 Å². The third-order valence-corrected chi connectivity index (χ3v) is 2.97. The van der Waals surface area contributed by atoms with Crippen molar-refractivity contribution in [2.45, 2.75) is 39.7 Å². The number of nitrogens with one attached hydrogen (secondary N) is 1. The lowest BCUT2D eigenvalue weighted by molar-refractivity contribution is -0.117. The van der Waals surface area contributed by atoms with Crippen LogP contribution in [0.5, 0.6) is 5.75 Å². The Morgan fingerprint density at radius 1 is 1.26 bits per heavy atom. The van der Waals surface area contributed by atoms with E-state index in [-0.39, 0.29) is 11.9 Å². The van der Waals surface area contributed by atoms with Crippen molar-refractivity contribution in [3.05, 3.63) is 35.9 Å². The van der Waals surface area contributed by atoms with Gasteiger partial charge in [-0.15, -0.1) is 0 Å². The normalized spacial score (nSPS) is 10.9. The Labute approximate surface area is 115 Å². The van der Waals surface area contributed by atoms with Crippen molar-refractivity contribution in [2.24, 2.45) is 0 Å². The molecule has 1 aromatic carbocycles. The van der Waals surface area contributed by atoms with Gasteiger partial charge in [-0.25, -0.2) is 0 Å². The van der Waals surface area contributed by atoms with E-state index in [9.17, 15) is 4.79 Å². The summed E-state index contributed by atoms with van der Waals surface area (Å²) in [5.74, 6) is 0.747. The molecule has 0 fully saturated rings. The maximum atomic E-state index is 11.8. The number of carbonyl (C=O) groups is 1. The fraction of sp³-hybridized carbons (Fsp3) is 0.438. The molecule has 3 heteroatoms. The number of para-hydroxylation sites is 1. The zero-order valence-corrected chi connectivity index (χ0v) is 12.0. The van der Waals surface area contributed by atoms with Crippen LogP contribution in [-0.2, 0) is 4.79 Å². The van der Waals surface area contributed by atoms with Crippen molar-refractivity contribution in [3.8, 4) is 5.75 Å². The molecule has 0 saturated heterocycles. The summed E-state index contributed by atoms with van der Waals surface area (Å²) in [7, 11) is 0. The van der Waals surface area contributed by atoms with Gasteiger partial charge < -0.3 is 10.1 Å².